The van der Waals surface area contributed by atoms with Crippen LogP contribution in [-0.2, 0) is 0 Å². The first-order chi connectivity index (χ1) is 11.1. The van der Waals surface area contributed by atoms with Gasteiger partial charge in [-0.15, -0.1) is 0 Å². The zero-order valence-electron chi connectivity index (χ0n) is 13.8. The molecular formula is C18H25N3O2. The van der Waals surface area contributed by atoms with Gasteiger partial charge in [-0.1, -0.05) is 19.8 Å². The van der Waals surface area contributed by atoms with Crippen LogP contribution in [0.25, 0.3) is 0 Å². The van der Waals surface area contributed by atoms with Crippen LogP contribution in [-0.4, -0.2) is 40.8 Å². The number of hydrogen-bond acceptors (Lipinski definition) is 3. The van der Waals surface area contributed by atoms with Gasteiger partial charge in [-0.25, -0.2) is 0 Å². The molecule has 0 aromatic carbocycles. The number of carbonyl (C=O) groups excluding carboxylic acids is 2. The molecule has 0 spiro atoms. The fourth-order valence-corrected chi connectivity index (χ4v) is 3.41. The number of pyridine rings is 1. The van der Waals surface area contributed by atoms with E-state index in [1.54, 1.807) is 18.5 Å². The molecule has 1 aliphatic heterocycles. The normalized spacial score (nSPS) is 19.8. The summed E-state index contributed by atoms with van der Waals surface area (Å²) in [6, 6.07) is 1.95. The Morgan fingerprint density at radius 2 is 1.74 bits per heavy atom. The van der Waals surface area contributed by atoms with Gasteiger partial charge in [0.2, 0.25) is 0 Å². The molecule has 2 fully saturated rings. The molecule has 0 bridgehead atoms. The fraction of sp³-hybridized carbons (Fsp3) is 0.611. The van der Waals surface area contributed by atoms with Crippen LogP contribution in [0.4, 0.5) is 0 Å². The Balaban J connectivity index is 1.66. The van der Waals surface area contributed by atoms with E-state index in [1.165, 1.54) is 12.8 Å². The van der Waals surface area contributed by atoms with Gasteiger partial charge >= 0.3 is 0 Å². The average Bonchev–Trinajstić information content (AvgIpc) is 3.08. The van der Waals surface area contributed by atoms with Crippen LogP contribution in [0.1, 0.15) is 66.2 Å². The smallest absolute Gasteiger partial charge is 0.255 e. The highest BCUT2D eigenvalue weighted by Crippen LogP contribution is 2.20. The summed E-state index contributed by atoms with van der Waals surface area (Å²) in [4.78, 5) is 30.9. The van der Waals surface area contributed by atoms with Crippen molar-refractivity contribution in [3.05, 3.63) is 29.6 Å². The number of nitrogens with one attached hydrogen (secondary N) is 1. The fourth-order valence-electron chi connectivity index (χ4n) is 3.41. The minimum Gasteiger partial charge on any atom is -0.349 e. The van der Waals surface area contributed by atoms with E-state index in [0.717, 1.165) is 38.8 Å². The van der Waals surface area contributed by atoms with E-state index in [0.29, 0.717) is 17.0 Å². The first-order valence-electron chi connectivity index (χ1n) is 8.68. The van der Waals surface area contributed by atoms with E-state index in [-0.39, 0.29) is 17.9 Å². The van der Waals surface area contributed by atoms with Crippen LogP contribution in [0.5, 0.6) is 0 Å². The molecule has 0 unspecified atom stereocenters. The second-order valence-electron chi connectivity index (χ2n) is 6.89. The highest BCUT2D eigenvalue weighted by Gasteiger charge is 2.23. The molecule has 1 aromatic heterocycles. The van der Waals surface area contributed by atoms with E-state index in [9.17, 15) is 9.59 Å². The van der Waals surface area contributed by atoms with E-state index in [4.69, 9.17) is 0 Å². The summed E-state index contributed by atoms with van der Waals surface area (Å²) >= 11 is 0. The summed E-state index contributed by atoms with van der Waals surface area (Å²) in [7, 11) is 0. The Bertz CT molecular complexity index is 573. The predicted molar refractivity (Wildman–Crippen MR) is 88.3 cm³/mol. The maximum atomic E-state index is 12.6. The molecule has 2 aliphatic rings. The van der Waals surface area contributed by atoms with Crippen LogP contribution < -0.4 is 5.32 Å². The molecule has 1 N–H and O–H groups in total. The average molecular weight is 315 g/mol. The summed E-state index contributed by atoms with van der Waals surface area (Å²) < 4.78 is 0. The lowest BCUT2D eigenvalue weighted by Crippen LogP contribution is -2.38. The molecule has 1 saturated carbocycles. The second-order valence-corrected chi connectivity index (χ2v) is 6.89. The number of likely N-dealkylation sites (tertiary alicyclic amines) is 1. The molecule has 1 saturated heterocycles. The van der Waals surface area contributed by atoms with Crippen LogP contribution in [0, 0.1) is 5.92 Å². The number of amides is 2. The van der Waals surface area contributed by atoms with Gasteiger partial charge in [0.1, 0.15) is 0 Å². The highest BCUT2D eigenvalue weighted by molar-refractivity contribution is 5.99. The second kappa shape index (κ2) is 7.11. The predicted octanol–water partition coefficient (Wildman–Crippen LogP) is 2.63. The van der Waals surface area contributed by atoms with E-state index in [1.807, 2.05) is 4.90 Å². The molecule has 1 aromatic rings. The van der Waals surface area contributed by atoms with Crippen molar-refractivity contribution >= 4 is 11.8 Å². The summed E-state index contributed by atoms with van der Waals surface area (Å²) in [6.07, 6.45) is 9.63. The van der Waals surface area contributed by atoms with Crippen LogP contribution in [0.2, 0.25) is 0 Å². The third-order valence-electron chi connectivity index (χ3n) is 5.01. The highest BCUT2D eigenvalue weighted by atomic mass is 16.2. The number of rotatable bonds is 3. The van der Waals surface area contributed by atoms with Crippen molar-refractivity contribution in [2.24, 2.45) is 5.92 Å². The van der Waals surface area contributed by atoms with Gasteiger partial charge in [0.25, 0.3) is 11.8 Å². The van der Waals surface area contributed by atoms with Gasteiger partial charge in [0.15, 0.2) is 0 Å². The van der Waals surface area contributed by atoms with E-state index >= 15 is 0 Å². The van der Waals surface area contributed by atoms with Crippen LogP contribution >= 0.6 is 0 Å². The largest absolute Gasteiger partial charge is 0.349 e. The van der Waals surface area contributed by atoms with Crippen molar-refractivity contribution in [3.63, 3.8) is 0 Å². The lowest BCUT2D eigenvalue weighted by molar-refractivity contribution is 0.0697. The van der Waals surface area contributed by atoms with Gasteiger partial charge in [0.05, 0.1) is 11.1 Å². The Hall–Kier alpha value is -1.91. The molecule has 124 valence electrons. The van der Waals surface area contributed by atoms with Crippen molar-refractivity contribution in [1.82, 2.24) is 15.2 Å². The number of nitrogens with zero attached hydrogens (tertiary/aromatic N) is 2. The van der Waals surface area contributed by atoms with Gasteiger partial charge in [-0.05, 0) is 37.7 Å². The molecule has 5 nitrogen and oxygen atoms in total. The van der Waals surface area contributed by atoms with Gasteiger partial charge < -0.3 is 10.2 Å². The van der Waals surface area contributed by atoms with Crippen molar-refractivity contribution in [1.29, 1.82) is 0 Å². The number of aromatic nitrogens is 1. The molecule has 2 amide bonds. The summed E-state index contributed by atoms with van der Waals surface area (Å²) in [5, 5.41) is 3.04. The third-order valence-corrected chi connectivity index (χ3v) is 5.01. The standard InChI is InChI=1S/C18H25N3O2/c1-13-6-8-21(9-7-13)18(23)15-10-14(11-19-12-15)17(22)20-16-4-2-3-5-16/h10-13,16H,2-9H2,1H3,(H,20,22). The monoisotopic (exact) mass is 315 g/mol. The van der Waals surface area contributed by atoms with Crippen molar-refractivity contribution in [2.45, 2.75) is 51.5 Å². The van der Waals surface area contributed by atoms with Crippen molar-refractivity contribution < 1.29 is 9.59 Å². The number of carbonyl (C=O) groups is 2. The Morgan fingerprint density at radius 1 is 1.09 bits per heavy atom. The summed E-state index contributed by atoms with van der Waals surface area (Å²) in [6.45, 7) is 3.80. The molecule has 3 rings (SSSR count). The van der Waals surface area contributed by atoms with Crippen molar-refractivity contribution in [3.8, 4) is 0 Å². The van der Waals surface area contributed by atoms with Crippen molar-refractivity contribution in [2.75, 3.05) is 13.1 Å². The van der Waals surface area contributed by atoms with Crippen LogP contribution in [0.15, 0.2) is 18.5 Å². The Labute approximate surface area is 137 Å². The summed E-state index contributed by atoms with van der Waals surface area (Å²) in [5.74, 6) is 0.548. The molecular weight excluding hydrogens is 290 g/mol. The zero-order chi connectivity index (χ0) is 16.2. The van der Waals surface area contributed by atoms with E-state index < -0.39 is 0 Å². The topological polar surface area (TPSA) is 62.3 Å². The number of piperidine rings is 1. The molecule has 0 atom stereocenters. The van der Waals surface area contributed by atoms with Gasteiger partial charge in [0, 0.05) is 31.5 Å². The van der Waals surface area contributed by atoms with Gasteiger partial charge in [-0.2, -0.15) is 0 Å². The molecule has 0 radical (unpaired) electrons. The zero-order valence-corrected chi connectivity index (χ0v) is 13.8. The maximum Gasteiger partial charge on any atom is 0.255 e. The molecule has 5 heteroatoms. The van der Waals surface area contributed by atoms with E-state index in [2.05, 4.69) is 17.2 Å². The third kappa shape index (κ3) is 3.89. The van der Waals surface area contributed by atoms with Crippen LogP contribution in [0.3, 0.4) is 0 Å². The first kappa shape index (κ1) is 16.0. The maximum absolute atomic E-state index is 12.6. The molecule has 2 heterocycles. The quantitative estimate of drug-likeness (QED) is 0.932. The lowest BCUT2D eigenvalue weighted by atomic mass is 9.98. The Morgan fingerprint density at radius 3 is 2.43 bits per heavy atom. The Kier molecular flexibility index (Phi) is 4.94. The molecule has 23 heavy (non-hydrogen) atoms. The first-order valence-corrected chi connectivity index (χ1v) is 8.68. The minimum atomic E-state index is -0.119. The number of hydrogen-bond donors (Lipinski definition) is 1. The molecule has 1 aliphatic carbocycles. The van der Waals surface area contributed by atoms with Gasteiger partial charge in [-0.3, -0.25) is 14.6 Å². The minimum absolute atomic E-state index is 0.0140. The summed E-state index contributed by atoms with van der Waals surface area (Å²) in [5.41, 5.74) is 0.992. The SMILES string of the molecule is CC1CCN(C(=O)c2cncc(C(=O)NC3CCCC3)c2)CC1. The lowest BCUT2D eigenvalue weighted by Gasteiger charge is -2.30.